The molecule has 0 radical (unpaired) electrons. The minimum absolute atomic E-state index is 0.00911. The predicted octanol–water partition coefficient (Wildman–Crippen LogP) is 4.61. The Morgan fingerprint density at radius 3 is 2.63 bits per heavy atom. The van der Waals surface area contributed by atoms with Crippen LogP contribution in [-0.2, 0) is 39.4 Å². The lowest BCUT2D eigenvalue weighted by atomic mass is 9.82. The summed E-state index contributed by atoms with van der Waals surface area (Å²) in [6.07, 6.45) is 4.48. The van der Waals surface area contributed by atoms with Crippen molar-refractivity contribution in [1.29, 1.82) is 0 Å². The molecule has 2 amide bonds. The molecule has 52 heavy (non-hydrogen) atoms. The van der Waals surface area contributed by atoms with Gasteiger partial charge < -0.3 is 30.1 Å². The van der Waals surface area contributed by atoms with Crippen LogP contribution in [0.2, 0.25) is 18.6 Å². The van der Waals surface area contributed by atoms with Gasteiger partial charge in [-0.25, -0.2) is 0 Å². The molecular weight excluding hydrogens is 673 g/mol. The Morgan fingerprint density at radius 2 is 1.92 bits per heavy atom. The molecule has 1 aromatic heterocycles. The standard InChI is InChI=1S/C40H50N6O5Si/c1-27-37(52(3,4)33-15-13-32(50-2)14-16-33)36(18-21-45-26-31(19-22-47)43-44-45)51-40(27)34-23-30(42-38(48)29-11-8-20-41-24-29)12-17-35(34)46(39(40)49)25-28-9-6-5-7-10-28/h5-7,9-10,12-17,23,26-27,29,36-37,41,47H,8,11,18-22,24-25H2,1-4H3,(H,42,48)/t27-,29?,36+,37-,40+/m0/s1. The quantitative estimate of drug-likeness (QED) is 0.181. The first-order chi connectivity index (χ1) is 25.1. The molecule has 4 heterocycles. The van der Waals surface area contributed by atoms with Crippen molar-refractivity contribution in [1.82, 2.24) is 20.3 Å². The topological polar surface area (TPSA) is 131 Å². The number of amides is 2. The first kappa shape index (κ1) is 36.0. The van der Waals surface area contributed by atoms with Crippen molar-refractivity contribution in [3.05, 3.63) is 95.8 Å². The van der Waals surface area contributed by atoms with Gasteiger partial charge in [0, 0.05) is 49.5 Å². The number of hydrogen-bond acceptors (Lipinski definition) is 8. The van der Waals surface area contributed by atoms with Crippen molar-refractivity contribution in [2.24, 2.45) is 11.8 Å². The molecule has 1 spiro atoms. The summed E-state index contributed by atoms with van der Waals surface area (Å²) in [7, 11) is -0.689. The molecule has 12 heteroatoms. The van der Waals surface area contributed by atoms with E-state index in [2.05, 4.69) is 53.1 Å². The number of nitrogens with one attached hydrogen (secondary N) is 2. The summed E-state index contributed by atoms with van der Waals surface area (Å²) in [5.74, 6) is 0.425. The van der Waals surface area contributed by atoms with Crippen LogP contribution in [0.25, 0.3) is 0 Å². The number of benzene rings is 3. The van der Waals surface area contributed by atoms with E-state index in [1.165, 1.54) is 5.19 Å². The zero-order valence-corrected chi connectivity index (χ0v) is 31.5. The Balaban J connectivity index is 1.30. The highest BCUT2D eigenvalue weighted by molar-refractivity contribution is 6.91. The van der Waals surface area contributed by atoms with Gasteiger partial charge in [-0.1, -0.05) is 72.9 Å². The van der Waals surface area contributed by atoms with Crippen LogP contribution >= 0.6 is 0 Å². The minimum atomic E-state index is -2.36. The lowest BCUT2D eigenvalue weighted by Crippen LogP contribution is -2.51. The van der Waals surface area contributed by atoms with Crippen molar-refractivity contribution in [3.63, 3.8) is 0 Å². The van der Waals surface area contributed by atoms with Crippen molar-refractivity contribution in [2.45, 2.75) is 76.0 Å². The largest absolute Gasteiger partial charge is 0.497 e. The first-order valence-electron chi connectivity index (χ1n) is 18.5. The van der Waals surface area contributed by atoms with E-state index in [-0.39, 0.29) is 41.9 Å². The number of aliphatic hydroxyl groups excluding tert-OH is 1. The summed E-state index contributed by atoms with van der Waals surface area (Å²) in [6, 6.07) is 24.3. The van der Waals surface area contributed by atoms with Crippen LogP contribution in [0.4, 0.5) is 11.4 Å². The third-order valence-corrected chi connectivity index (χ3v) is 15.9. The van der Waals surface area contributed by atoms with Gasteiger partial charge in [-0.3, -0.25) is 14.3 Å². The molecule has 7 rings (SSSR count). The van der Waals surface area contributed by atoms with Crippen LogP contribution in [0.15, 0.2) is 79.0 Å². The maximum atomic E-state index is 15.2. The van der Waals surface area contributed by atoms with E-state index in [1.807, 2.05) is 76.4 Å². The number of anilines is 2. The lowest BCUT2D eigenvalue weighted by molar-refractivity contribution is -0.146. The summed E-state index contributed by atoms with van der Waals surface area (Å²) in [5, 5.41) is 25.8. The third kappa shape index (κ3) is 6.68. The van der Waals surface area contributed by atoms with Crippen LogP contribution in [0, 0.1) is 11.8 Å². The molecule has 4 aromatic rings. The van der Waals surface area contributed by atoms with Crippen LogP contribution in [-0.4, -0.2) is 72.9 Å². The highest BCUT2D eigenvalue weighted by Gasteiger charge is 2.66. The van der Waals surface area contributed by atoms with E-state index >= 15 is 4.79 Å². The van der Waals surface area contributed by atoms with Gasteiger partial charge in [-0.05, 0) is 67.2 Å². The maximum absolute atomic E-state index is 15.2. The van der Waals surface area contributed by atoms with Crippen LogP contribution in [0.3, 0.4) is 0 Å². The molecular formula is C40H50N6O5Si. The fraction of sp³-hybridized carbons (Fsp3) is 0.450. The van der Waals surface area contributed by atoms with Gasteiger partial charge in [-0.2, -0.15) is 0 Å². The molecule has 2 fully saturated rings. The van der Waals surface area contributed by atoms with Crippen molar-refractivity contribution >= 4 is 36.4 Å². The zero-order valence-electron chi connectivity index (χ0n) is 30.5. The van der Waals surface area contributed by atoms with Gasteiger partial charge in [0.05, 0.1) is 45.1 Å². The number of carbonyl (C=O) groups excluding carboxylic acids is 2. The SMILES string of the molecule is COc1ccc([Si](C)(C)[C@@H]2[C@@H](CCn3cc(CCO)nn3)O[C@]3(C(=O)N(Cc4ccccc4)c4ccc(NC(=O)C5CCCNC5)cc43)[C@H]2C)cc1. The zero-order chi connectivity index (χ0) is 36.5. The van der Waals surface area contributed by atoms with Gasteiger partial charge in [0.25, 0.3) is 5.91 Å². The number of methoxy groups -OCH3 is 1. The average Bonchev–Trinajstić information content (AvgIpc) is 3.81. The average molecular weight is 723 g/mol. The Morgan fingerprint density at radius 1 is 1.13 bits per heavy atom. The smallest absolute Gasteiger partial charge is 0.264 e. The fourth-order valence-corrected chi connectivity index (χ4v) is 12.9. The maximum Gasteiger partial charge on any atom is 0.264 e. The number of rotatable bonds is 12. The number of aryl methyl sites for hydroxylation is 1. The molecule has 3 aliphatic rings. The number of fused-ring (bicyclic) bond motifs is 2. The molecule has 2 saturated heterocycles. The molecule has 274 valence electrons. The van der Waals surface area contributed by atoms with E-state index in [4.69, 9.17) is 9.47 Å². The highest BCUT2D eigenvalue weighted by Crippen LogP contribution is 2.60. The molecule has 0 saturated carbocycles. The van der Waals surface area contributed by atoms with Crippen molar-refractivity contribution in [3.8, 4) is 5.75 Å². The third-order valence-electron chi connectivity index (χ3n) is 11.6. The highest BCUT2D eigenvalue weighted by atomic mass is 28.3. The second kappa shape index (κ2) is 14.9. The first-order valence-corrected chi connectivity index (χ1v) is 21.6. The van der Waals surface area contributed by atoms with Crippen LogP contribution < -0.4 is 25.5 Å². The van der Waals surface area contributed by atoms with Gasteiger partial charge in [-0.15, -0.1) is 5.10 Å². The van der Waals surface area contributed by atoms with Gasteiger partial charge >= 0.3 is 0 Å². The number of ether oxygens (including phenoxy) is 2. The van der Waals surface area contributed by atoms with Crippen molar-refractivity contribution < 1.29 is 24.2 Å². The van der Waals surface area contributed by atoms with E-state index in [9.17, 15) is 9.90 Å². The van der Waals surface area contributed by atoms with Crippen molar-refractivity contribution in [2.75, 3.05) is 37.0 Å². The number of aliphatic hydroxyl groups is 1. The van der Waals surface area contributed by atoms with E-state index < -0.39 is 13.7 Å². The Labute approximate surface area is 306 Å². The number of hydrogen-bond donors (Lipinski definition) is 3. The van der Waals surface area contributed by atoms with Gasteiger partial charge in [0.1, 0.15) is 5.75 Å². The molecule has 3 aromatic carbocycles. The number of piperidine rings is 1. The summed E-state index contributed by atoms with van der Waals surface area (Å²) < 4.78 is 14.6. The number of aromatic nitrogens is 3. The Kier molecular flexibility index (Phi) is 10.3. The van der Waals surface area contributed by atoms with E-state index in [0.29, 0.717) is 38.2 Å². The summed E-state index contributed by atoms with van der Waals surface area (Å²) in [6.45, 7) is 9.49. The lowest BCUT2D eigenvalue weighted by Gasteiger charge is -2.37. The molecule has 3 N–H and O–H groups in total. The molecule has 11 nitrogen and oxygen atoms in total. The molecule has 3 aliphatic heterocycles. The number of carbonyl (C=O) groups is 2. The Bertz CT molecular complexity index is 1880. The molecule has 0 aliphatic carbocycles. The molecule has 5 atom stereocenters. The normalized spacial score (nSPS) is 24.3. The molecule has 1 unspecified atom stereocenters. The van der Waals surface area contributed by atoms with Gasteiger partial charge in [0.15, 0.2) is 5.60 Å². The number of nitrogens with zero attached hydrogens (tertiary/aromatic N) is 4. The summed E-state index contributed by atoms with van der Waals surface area (Å²) in [5.41, 5.74) is 2.83. The second-order valence-corrected chi connectivity index (χ2v) is 19.7. The van der Waals surface area contributed by atoms with Crippen LogP contribution in [0.5, 0.6) is 5.75 Å². The van der Waals surface area contributed by atoms with E-state index in [1.54, 1.807) is 7.11 Å². The van der Waals surface area contributed by atoms with E-state index in [0.717, 1.165) is 47.6 Å². The summed E-state index contributed by atoms with van der Waals surface area (Å²) in [4.78, 5) is 30.5. The predicted molar refractivity (Wildman–Crippen MR) is 203 cm³/mol. The fourth-order valence-electron chi connectivity index (χ4n) is 8.84. The van der Waals surface area contributed by atoms with Gasteiger partial charge in [0.2, 0.25) is 5.91 Å². The summed E-state index contributed by atoms with van der Waals surface area (Å²) >= 11 is 0. The second-order valence-electron chi connectivity index (χ2n) is 15.0. The van der Waals surface area contributed by atoms with Crippen LogP contribution in [0.1, 0.15) is 43.0 Å². The molecule has 0 bridgehead atoms. The monoisotopic (exact) mass is 722 g/mol. The minimum Gasteiger partial charge on any atom is -0.497 e. The Hall–Kier alpha value is -4.36.